The molecule has 6 nitrogen and oxygen atoms in total. The van der Waals surface area contributed by atoms with E-state index in [0.29, 0.717) is 11.9 Å². The van der Waals surface area contributed by atoms with Gasteiger partial charge in [-0.1, -0.05) is 35.5 Å². The Morgan fingerprint density at radius 2 is 1.81 bits per heavy atom. The Labute approximate surface area is 187 Å². The monoisotopic (exact) mass is 496 g/mol. The predicted molar refractivity (Wildman–Crippen MR) is 115 cm³/mol. The number of alkyl halides is 3. The van der Waals surface area contributed by atoms with E-state index < -0.39 is 19.3 Å². The maximum absolute atomic E-state index is 12.7. The molecule has 0 aliphatic heterocycles. The van der Waals surface area contributed by atoms with Crippen molar-refractivity contribution in [2.24, 2.45) is 0 Å². The fourth-order valence-electron chi connectivity index (χ4n) is 2.46. The van der Waals surface area contributed by atoms with E-state index in [1.54, 1.807) is 38.1 Å². The molecular weight excluding hydrogens is 476 g/mol. The van der Waals surface area contributed by atoms with E-state index in [4.69, 9.17) is 20.6 Å². The fraction of sp³-hybridized carbons (Fsp3) is 0.368. The van der Waals surface area contributed by atoms with Crippen molar-refractivity contribution in [3.8, 4) is 0 Å². The standard InChI is InChI=1S/C19H21ClF3N2O4PS/c1-3-28-30(27,29-4-2)11-13-5-7-15(8-6-13)25-17(26)12-31-18-16(20)9-14(10-24-18)19(21,22)23/h5-10H,3-4,11-12H2,1-2H3,(H,25,26). The molecule has 0 radical (unpaired) electrons. The maximum atomic E-state index is 12.7. The largest absolute Gasteiger partial charge is 0.417 e. The summed E-state index contributed by atoms with van der Waals surface area (Å²) in [5.41, 5.74) is 0.270. The molecule has 0 aliphatic rings. The molecular formula is C19H21ClF3N2O4PS. The molecule has 31 heavy (non-hydrogen) atoms. The number of benzene rings is 1. The van der Waals surface area contributed by atoms with Crippen molar-refractivity contribution in [1.82, 2.24) is 4.98 Å². The minimum absolute atomic E-state index is 0.0935. The first kappa shape index (κ1) is 25.7. The smallest absolute Gasteiger partial charge is 0.325 e. The molecule has 12 heteroatoms. The van der Waals surface area contributed by atoms with Crippen molar-refractivity contribution < 1.29 is 31.6 Å². The summed E-state index contributed by atoms with van der Waals surface area (Å²) >= 11 is 6.76. The van der Waals surface area contributed by atoms with Crippen LogP contribution >= 0.6 is 31.0 Å². The van der Waals surface area contributed by atoms with Crippen molar-refractivity contribution >= 4 is 42.6 Å². The average molecular weight is 497 g/mol. The zero-order valence-electron chi connectivity index (χ0n) is 16.7. The van der Waals surface area contributed by atoms with Gasteiger partial charge in [0.25, 0.3) is 0 Å². The molecule has 2 rings (SSSR count). The van der Waals surface area contributed by atoms with Crippen LogP contribution in [0.15, 0.2) is 41.6 Å². The molecule has 1 N–H and O–H groups in total. The highest BCUT2D eigenvalue weighted by molar-refractivity contribution is 8.00. The number of carbonyl (C=O) groups excluding carboxylic acids is 1. The number of aromatic nitrogens is 1. The third-order valence-corrected chi connectivity index (χ3v) is 7.20. The van der Waals surface area contributed by atoms with Gasteiger partial charge in [0.2, 0.25) is 5.91 Å². The third-order valence-electron chi connectivity index (χ3n) is 3.74. The number of hydrogen-bond donors (Lipinski definition) is 1. The van der Waals surface area contributed by atoms with Crippen LogP contribution in [-0.2, 0) is 30.7 Å². The summed E-state index contributed by atoms with van der Waals surface area (Å²) in [6, 6.07) is 7.45. The maximum Gasteiger partial charge on any atom is 0.417 e. The number of hydrogen-bond acceptors (Lipinski definition) is 6. The van der Waals surface area contributed by atoms with Gasteiger partial charge in [0.1, 0.15) is 5.03 Å². The first-order valence-electron chi connectivity index (χ1n) is 9.18. The Kier molecular flexibility index (Phi) is 9.39. The van der Waals surface area contributed by atoms with Crippen LogP contribution in [0.4, 0.5) is 18.9 Å². The van der Waals surface area contributed by atoms with Crippen molar-refractivity contribution in [3.05, 3.63) is 52.7 Å². The molecule has 1 aromatic carbocycles. The van der Waals surface area contributed by atoms with E-state index in [2.05, 4.69) is 10.3 Å². The van der Waals surface area contributed by atoms with Crippen LogP contribution < -0.4 is 5.32 Å². The van der Waals surface area contributed by atoms with E-state index in [-0.39, 0.29) is 41.1 Å². The van der Waals surface area contributed by atoms with Crippen molar-refractivity contribution in [1.29, 1.82) is 0 Å². The summed E-state index contributed by atoms with van der Waals surface area (Å²) < 4.78 is 61.1. The Morgan fingerprint density at radius 1 is 1.19 bits per heavy atom. The zero-order chi connectivity index (χ0) is 23.1. The van der Waals surface area contributed by atoms with Gasteiger partial charge in [0.05, 0.1) is 35.7 Å². The first-order valence-corrected chi connectivity index (χ1v) is 12.3. The number of amides is 1. The molecule has 2 aromatic rings. The molecule has 0 atom stereocenters. The van der Waals surface area contributed by atoms with Crippen LogP contribution in [0.2, 0.25) is 5.02 Å². The SMILES string of the molecule is CCOP(=O)(Cc1ccc(NC(=O)CSc2ncc(C(F)(F)F)cc2Cl)cc1)OCC. The van der Waals surface area contributed by atoms with Crippen LogP contribution in [0.5, 0.6) is 0 Å². The lowest BCUT2D eigenvalue weighted by Crippen LogP contribution is -2.14. The molecule has 1 aromatic heterocycles. The number of nitrogens with zero attached hydrogens (tertiary/aromatic N) is 1. The quantitative estimate of drug-likeness (QED) is 0.309. The van der Waals surface area contributed by atoms with Crippen molar-refractivity contribution in [3.63, 3.8) is 0 Å². The molecule has 0 bridgehead atoms. The Hall–Kier alpha value is -1.58. The van der Waals surface area contributed by atoms with Crippen LogP contribution in [0.1, 0.15) is 25.0 Å². The summed E-state index contributed by atoms with van der Waals surface area (Å²) in [7, 11) is -3.23. The number of pyridine rings is 1. The predicted octanol–water partition coefficient (Wildman–Crippen LogP) is 6.25. The summed E-state index contributed by atoms with van der Waals surface area (Å²) in [5.74, 6) is -0.478. The Morgan fingerprint density at radius 3 is 2.32 bits per heavy atom. The number of thioether (sulfide) groups is 1. The second-order valence-electron chi connectivity index (χ2n) is 6.15. The van der Waals surface area contributed by atoms with Crippen molar-refractivity contribution in [2.45, 2.75) is 31.2 Å². The highest BCUT2D eigenvalue weighted by Gasteiger charge is 2.31. The van der Waals surface area contributed by atoms with Crippen LogP contribution in [0, 0.1) is 0 Å². The summed E-state index contributed by atoms with van der Waals surface area (Å²) in [5, 5.41) is 2.62. The lowest BCUT2D eigenvalue weighted by molar-refractivity contribution is -0.137. The van der Waals surface area contributed by atoms with Gasteiger partial charge < -0.3 is 14.4 Å². The van der Waals surface area contributed by atoms with E-state index in [9.17, 15) is 22.5 Å². The molecule has 0 saturated carbocycles. The average Bonchev–Trinajstić information content (AvgIpc) is 2.68. The molecule has 1 heterocycles. The van der Waals surface area contributed by atoms with Gasteiger partial charge in [-0.3, -0.25) is 9.36 Å². The van der Waals surface area contributed by atoms with Gasteiger partial charge in [-0.15, -0.1) is 0 Å². The van der Waals surface area contributed by atoms with Gasteiger partial charge in [-0.25, -0.2) is 4.98 Å². The second-order valence-corrected chi connectivity index (χ2v) is 9.57. The Balaban J connectivity index is 1.92. The fourth-order valence-corrected chi connectivity index (χ4v) is 5.15. The first-order chi connectivity index (χ1) is 14.6. The van der Waals surface area contributed by atoms with Gasteiger partial charge in [0.15, 0.2) is 0 Å². The molecule has 1 amide bonds. The molecule has 0 unspecified atom stereocenters. The molecule has 0 aliphatic carbocycles. The number of rotatable bonds is 10. The van der Waals surface area contributed by atoms with Gasteiger partial charge in [-0.2, -0.15) is 13.2 Å². The van der Waals surface area contributed by atoms with Crippen LogP contribution in [0.3, 0.4) is 0 Å². The van der Waals surface area contributed by atoms with Crippen molar-refractivity contribution in [2.75, 3.05) is 24.3 Å². The van der Waals surface area contributed by atoms with E-state index in [1.807, 2.05) is 0 Å². The lowest BCUT2D eigenvalue weighted by atomic mass is 10.2. The molecule has 0 saturated heterocycles. The molecule has 170 valence electrons. The third kappa shape index (κ3) is 8.12. The van der Waals surface area contributed by atoms with E-state index >= 15 is 0 Å². The summed E-state index contributed by atoms with van der Waals surface area (Å²) in [6.07, 6.45) is -3.76. The minimum Gasteiger partial charge on any atom is -0.325 e. The van der Waals surface area contributed by atoms with E-state index in [1.165, 1.54) is 0 Å². The normalized spacial score (nSPS) is 12.1. The topological polar surface area (TPSA) is 77.5 Å². The van der Waals surface area contributed by atoms with Gasteiger partial charge in [0, 0.05) is 11.9 Å². The number of halogens is 4. The van der Waals surface area contributed by atoms with Gasteiger partial charge >= 0.3 is 13.8 Å². The zero-order valence-corrected chi connectivity index (χ0v) is 19.2. The van der Waals surface area contributed by atoms with Crippen LogP contribution in [0.25, 0.3) is 0 Å². The summed E-state index contributed by atoms with van der Waals surface area (Å²) in [6.45, 7) is 3.99. The highest BCUT2D eigenvalue weighted by Crippen LogP contribution is 2.51. The van der Waals surface area contributed by atoms with Gasteiger partial charge in [-0.05, 0) is 37.6 Å². The van der Waals surface area contributed by atoms with E-state index in [0.717, 1.165) is 23.4 Å². The number of anilines is 1. The van der Waals surface area contributed by atoms with Crippen LogP contribution in [-0.4, -0.2) is 29.9 Å². The minimum atomic E-state index is -4.54. The number of nitrogens with one attached hydrogen (secondary N) is 1. The molecule has 0 fully saturated rings. The second kappa shape index (κ2) is 11.3. The highest BCUT2D eigenvalue weighted by atomic mass is 35.5. The Bertz CT molecular complexity index is 935. The molecule has 0 spiro atoms. The number of carbonyl (C=O) groups is 1. The lowest BCUT2D eigenvalue weighted by Gasteiger charge is -2.17. The summed E-state index contributed by atoms with van der Waals surface area (Å²) in [4.78, 5) is 15.8.